The molecule has 0 atom stereocenters. The lowest BCUT2D eigenvalue weighted by atomic mass is 10.2. The molecule has 0 spiro atoms. The van der Waals surface area contributed by atoms with E-state index >= 15 is 0 Å². The van der Waals surface area contributed by atoms with E-state index in [0.717, 1.165) is 10.5 Å². The molecule has 0 fully saturated rings. The average Bonchev–Trinajstić information content (AvgIpc) is 2.67. The molecule has 1 N–H and O–H groups in total. The number of carbonyl (C=O) groups excluding carboxylic acids is 1. The fourth-order valence-corrected chi connectivity index (χ4v) is 3.30. The van der Waals surface area contributed by atoms with Crippen LogP contribution in [0, 0.1) is 5.82 Å². The number of hydrogen-bond donors (Lipinski definition) is 1. The van der Waals surface area contributed by atoms with Crippen LogP contribution in [0.25, 0.3) is 6.08 Å². The smallest absolute Gasteiger partial charge is 0.248 e. The molecule has 3 rings (SSSR count). The second kappa shape index (κ2) is 9.02. The maximum atomic E-state index is 13.7. The molecule has 3 aromatic carbocycles. The standard InChI is InChI=1S/C22H18FNOS/c23-21-12-5-4-9-18(21)16-26-20-11-6-10-19(15-20)24-22(25)14-13-17-7-2-1-3-8-17/h1-15H,16H2,(H,24,25)/b14-13+. The van der Waals surface area contributed by atoms with Crippen LogP contribution in [0.2, 0.25) is 0 Å². The Balaban J connectivity index is 1.59. The fraction of sp³-hybridized carbons (Fsp3) is 0.0455. The zero-order chi connectivity index (χ0) is 18.2. The summed E-state index contributed by atoms with van der Waals surface area (Å²) < 4.78 is 13.7. The summed E-state index contributed by atoms with van der Waals surface area (Å²) in [6, 6.07) is 23.9. The van der Waals surface area contributed by atoms with Gasteiger partial charge in [0.1, 0.15) is 5.82 Å². The molecule has 2 nitrogen and oxygen atoms in total. The molecule has 0 aliphatic carbocycles. The molecule has 0 heterocycles. The lowest BCUT2D eigenvalue weighted by molar-refractivity contribution is -0.111. The minimum absolute atomic E-state index is 0.190. The topological polar surface area (TPSA) is 29.1 Å². The van der Waals surface area contributed by atoms with Crippen LogP contribution in [0.3, 0.4) is 0 Å². The maximum Gasteiger partial charge on any atom is 0.248 e. The van der Waals surface area contributed by atoms with Crippen molar-refractivity contribution in [3.63, 3.8) is 0 Å². The highest BCUT2D eigenvalue weighted by Gasteiger charge is 2.04. The lowest BCUT2D eigenvalue weighted by Crippen LogP contribution is -2.07. The normalized spacial score (nSPS) is 10.8. The molecule has 130 valence electrons. The van der Waals surface area contributed by atoms with Crippen molar-refractivity contribution >= 4 is 29.4 Å². The highest BCUT2D eigenvalue weighted by atomic mass is 32.2. The third kappa shape index (κ3) is 5.33. The second-order valence-corrected chi connectivity index (χ2v) is 6.69. The molecule has 0 bridgehead atoms. The van der Waals surface area contributed by atoms with Gasteiger partial charge >= 0.3 is 0 Å². The van der Waals surface area contributed by atoms with E-state index in [1.165, 1.54) is 23.9 Å². The zero-order valence-corrected chi connectivity index (χ0v) is 14.9. The van der Waals surface area contributed by atoms with E-state index in [1.54, 1.807) is 18.2 Å². The van der Waals surface area contributed by atoms with Crippen molar-refractivity contribution in [2.24, 2.45) is 0 Å². The molecular weight excluding hydrogens is 345 g/mol. The highest BCUT2D eigenvalue weighted by molar-refractivity contribution is 7.98. The number of amides is 1. The Morgan fingerprint density at radius 1 is 0.962 bits per heavy atom. The van der Waals surface area contributed by atoms with E-state index in [-0.39, 0.29) is 11.7 Å². The highest BCUT2D eigenvalue weighted by Crippen LogP contribution is 2.26. The van der Waals surface area contributed by atoms with Crippen LogP contribution in [0.4, 0.5) is 10.1 Å². The number of rotatable bonds is 6. The molecule has 26 heavy (non-hydrogen) atoms. The summed E-state index contributed by atoms with van der Waals surface area (Å²) in [5, 5.41) is 2.85. The van der Waals surface area contributed by atoms with Gasteiger partial charge in [-0.3, -0.25) is 4.79 Å². The Labute approximate surface area is 156 Å². The van der Waals surface area contributed by atoms with Gasteiger partial charge < -0.3 is 5.32 Å². The van der Waals surface area contributed by atoms with Crippen molar-refractivity contribution < 1.29 is 9.18 Å². The lowest BCUT2D eigenvalue weighted by Gasteiger charge is -2.06. The Hall–Kier alpha value is -2.85. The first-order valence-electron chi connectivity index (χ1n) is 8.21. The van der Waals surface area contributed by atoms with Crippen molar-refractivity contribution in [2.75, 3.05) is 5.32 Å². The van der Waals surface area contributed by atoms with Gasteiger partial charge in [0, 0.05) is 22.4 Å². The summed E-state index contributed by atoms with van der Waals surface area (Å²) in [6.07, 6.45) is 3.28. The van der Waals surface area contributed by atoms with Gasteiger partial charge in [-0.1, -0.05) is 54.6 Å². The molecule has 0 aliphatic rings. The van der Waals surface area contributed by atoms with Gasteiger partial charge in [0.15, 0.2) is 0 Å². The van der Waals surface area contributed by atoms with Gasteiger partial charge in [0.2, 0.25) is 5.91 Å². The van der Waals surface area contributed by atoms with Crippen molar-refractivity contribution in [3.8, 4) is 0 Å². The molecule has 0 unspecified atom stereocenters. The van der Waals surface area contributed by atoms with Gasteiger partial charge in [0.05, 0.1) is 0 Å². The minimum atomic E-state index is -0.199. The van der Waals surface area contributed by atoms with Crippen LogP contribution in [0.15, 0.2) is 89.8 Å². The van der Waals surface area contributed by atoms with Crippen molar-refractivity contribution in [1.29, 1.82) is 0 Å². The molecule has 4 heteroatoms. The number of thioether (sulfide) groups is 1. The van der Waals surface area contributed by atoms with E-state index in [0.29, 0.717) is 17.0 Å². The second-order valence-electron chi connectivity index (χ2n) is 5.64. The monoisotopic (exact) mass is 363 g/mol. The zero-order valence-electron chi connectivity index (χ0n) is 14.1. The third-order valence-corrected chi connectivity index (χ3v) is 4.72. The molecule has 1 amide bonds. The molecule has 0 aromatic heterocycles. The number of benzene rings is 3. The molecular formula is C22H18FNOS. The predicted molar refractivity (Wildman–Crippen MR) is 107 cm³/mol. The SMILES string of the molecule is O=C(/C=C/c1ccccc1)Nc1cccc(SCc2ccccc2F)c1. The van der Waals surface area contributed by atoms with Crippen LogP contribution in [0.1, 0.15) is 11.1 Å². The van der Waals surface area contributed by atoms with Gasteiger partial charge in [-0.15, -0.1) is 11.8 Å². The summed E-state index contributed by atoms with van der Waals surface area (Å²) >= 11 is 1.53. The largest absolute Gasteiger partial charge is 0.322 e. The quantitative estimate of drug-likeness (QED) is 0.445. The molecule has 0 aliphatic heterocycles. The van der Waals surface area contributed by atoms with Crippen LogP contribution in [0.5, 0.6) is 0 Å². The Kier molecular flexibility index (Phi) is 6.23. The summed E-state index contributed by atoms with van der Waals surface area (Å²) in [6.45, 7) is 0. The number of nitrogens with one attached hydrogen (secondary N) is 1. The van der Waals surface area contributed by atoms with E-state index in [1.807, 2.05) is 60.7 Å². The third-order valence-electron chi connectivity index (χ3n) is 3.68. The van der Waals surface area contributed by atoms with Gasteiger partial charge in [-0.25, -0.2) is 4.39 Å². The van der Waals surface area contributed by atoms with Crippen LogP contribution < -0.4 is 5.32 Å². The number of halogens is 1. The molecule has 0 saturated heterocycles. The first-order valence-corrected chi connectivity index (χ1v) is 9.20. The Bertz CT molecular complexity index is 909. The van der Waals surface area contributed by atoms with E-state index in [2.05, 4.69) is 5.32 Å². The van der Waals surface area contributed by atoms with E-state index in [9.17, 15) is 9.18 Å². The first-order chi connectivity index (χ1) is 12.7. The summed E-state index contributed by atoms with van der Waals surface area (Å²) in [4.78, 5) is 13.0. The van der Waals surface area contributed by atoms with Gasteiger partial charge in [0.25, 0.3) is 0 Å². The molecule has 0 radical (unpaired) electrons. The summed E-state index contributed by atoms with van der Waals surface area (Å²) in [5.74, 6) is 0.151. The van der Waals surface area contributed by atoms with Crippen LogP contribution in [-0.4, -0.2) is 5.91 Å². The first kappa shape index (κ1) is 18.0. The van der Waals surface area contributed by atoms with Crippen molar-refractivity contribution in [1.82, 2.24) is 0 Å². The van der Waals surface area contributed by atoms with Crippen LogP contribution in [-0.2, 0) is 10.5 Å². The van der Waals surface area contributed by atoms with Gasteiger partial charge in [-0.2, -0.15) is 0 Å². The Morgan fingerprint density at radius 2 is 1.73 bits per heavy atom. The van der Waals surface area contributed by atoms with Gasteiger partial charge in [-0.05, 0) is 41.5 Å². The molecule has 0 saturated carbocycles. The van der Waals surface area contributed by atoms with Crippen molar-refractivity contribution in [3.05, 3.63) is 102 Å². The van der Waals surface area contributed by atoms with E-state index in [4.69, 9.17) is 0 Å². The molecule has 3 aromatic rings. The Morgan fingerprint density at radius 3 is 2.54 bits per heavy atom. The fourth-order valence-electron chi connectivity index (χ4n) is 2.36. The predicted octanol–water partition coefficient (Wildman–Crippen LogP) is 5.77. The average molecular weight is 363 g/mol. The van der Waals surface area contributed by atoms with E-state index < -0.39 is 0 Å². The van der Waals surface area contributed by atoms with Crippen molar-refractivity contribution in [2.45, 2.75) is 10.6 Å². The number of carbonyl (C=O) groups is 1. The summed E-state index contributed by atoms with van der Waals surface area (Å²) in [7, 11) is 0. The minimum Gasteiger partial charge on any atom is -0.322 e. The van der Waals surface area contributed by atoms with Crippen LogP contribution >= 0.6 is 11.8 Å². The number of hydrogen-bond acceptors (Lipinski definition) is 2. The summed E-state index contributed by atoms with van der Waals surface area (Å²) in [5.41, 5.74) is 2.35. The number of anilines is 1. The maximum absolute atomic E-state index is 13.7.